The Morgan fingerprint density at radius 3 is 2.36 bits per heavy atom. The fourth-order valence-electron chi connectivity index (χ4n) is 2.26. The summed E-state index contributed by atoms with van der Waals surface area (Å²) in [5.74, 6) is 0.0103. The molecule has 1 N–H and O–H groups in total. The zero-order chi connectivity index (χ0) is 10.4. The predicted molar refractivity (Wildman–Crippen MR) is 57.2 cm³/mol. The number of aliphatic carboxylic acids is 1. The number of hydrogen-bond acceptors (Lipinski definition) is 1. The van der Waals surface area contributed by atoms with E-state index in [1.54, 1.807) is 0 Å². The molecule has 0 aromatic carbocycles. The SMILES string of the molecule is CC(CCC1CCCCCC1)C(=O)O. The first-order valence-electron chi connectivity index (χ1n) is 5.93. The van der Waals surface area contributed by atoms with Crippen LogP contribution in [0, 0.1) is 11.8 Å². The first-order valence-corrected chi connectivity index (χ1v) is 5.93. The fraction of sp³-hybridized carbons (Fsp3) is 0.917. The van der Waals surface area contributed by atoms with Gasteiger partial charge < -0.3 is 5.11 Å². The molecule has 1 saturated carbocycles. The average molecular weight is 198 g/mol. The summed E-state index contributed by atoms with van der Waals surface area (Å²) in [6.07, 6.45) is 10.1. The van der Waals surface area contributed by atoms with Crippen molar-refractivity contribution in [2.45, 2.75) is 58.3 Å². The second-order valence-electron chi connectivity index (χ2n) is 4.67. The topological polar surface area (TPSA) is 37.3 Å². The Morgan fingerprint density at radius 1 is 1.29 bits per heavy atom. The summed E-state index contributed by atoms with van der Waals surface area (Å²) >= 11 is 0. The van der Waals surface area contributed by atoms with Gasteiger partial charge in [0.1, 0.15) is 0 Å². The molecule has 1 atom stereocenters. The lowest BCUT2D eigenvalue weighted by atomic mass is 9.91. The summed E-state index contributed by atoms with van der Waals surface area (Å²) in [7, 11) is 0. The first-order chi connectivity index (χ1) is 6.70. The van der Waals surface area contributed by atoms with E-state index in [-0.39, 0.29) is 5.92 Å². The third-order valence-electron chi connectivity index (χ3n) is 3.40. The van der Waals surface area contributed by atoms with Crippen molar-refractivity contribution in [1.82, 2.24) is 0 Å². The van der Waals surface area contributed by atoms with Crippen LogP contribution < -0.4 is 0 Å². The van der Waals surface area contributed by atoms with Crippen molar-refractivity contribution in [3.8, 4) is 0 Å². The van der Waals surface area contributed by atoms with Crippen LogP contribution >= 0.6 is 0 Å². The molecule has 1 aliphatic rings. The summed E-state index contributed by atoms with van der Waals surface area (Å²) in [6, 6.07) is 0. The number of carbonyl (C=O) groups is 1. The normalized spacial score (nSPS) is 21.5. The van der Waals surface area contributed by atoms with Crippen molar-refractivity contribution in [2.24, 2.45) is 11.8 Å². The van der Waals surface area contributed by atoms with Gasteiger partial charge in [0.25, 0.3) is 0 Å². The molecule has 0 heterocycles. The monoisotopic (exact) mass is 198 g/mol. The van der Waals surface area contributed by atoms with E-state index in [4.69, 9.17) is 5.11 Å². The molecule has 2 nitrogen and oxygen atoms in total. The van der Waals surface area contributed by atoms with Crippen molar-refractivity contribution in [3.05, 3.63) is 0 Å². The molecule has 2 heteroatoms. The summed E-state index contributed by atoms with van der Waals surface area (Å²) in [6.45, 7) is 1.82. The second-order valence-corrected chi connectivity index (χ2v) is 4.67. The van der Waals surface area contributed by atoms with Crippen molar-refractivity contribution in [1.29, 1.82) is 0 Å². The van der Waals surface area contributed by atoms with Crippen LogP contribution in [0.4, 0.5) is 0 Å². The van der Waals surface area contributed by atoms with Gasteiger partial charge in [0, 0.05) is 0 Å². The van der Waals surface area contributed by atoms with Gasteiger partial charge in [0.15, 0.2) is 0 Å². The fourth-order valence-corrected chi connectivity index (χ4v) is 2.26. The molecule has 0 saturated heterocycles. The van der Waals surface area contributed by atoms with Crippen molar-refractivity contribution in [3.63, 3.8) is 0 Å². The highest BCUT2D eigenvalue weighted by Crippen LogP contribution is 2.27. The van der Waals surface area contributed by atoms with E-state index in [0.29, 0.717) is 0 Å². The minimum Gasteiger partial charge on any atom is -0.481 e. The molecule has 0 aromatic rings. The van der Waals surface area contributed by atoms with Gasteiger partial charge in [0.2, 0.25) is 0 Å². The van der Waals surface area contributed by atoms with Gasteiger partial charge in [-0.25, -0.2) is 0 Å². The van der Waals surface area contributed by atoms with Crippen LogP contribution in [-0.4, -0.2) is 11.1 Å². The summed E-state index contributed by atoms with van der Waals surface area (Å²) in [4.78, 5) is 10.6. The van der Waals surface area contributed by atoms with Gasteiger partial charge in [-0.05, 0) is 18.8 Å². The summed E-state index contributed by atoms with van der Waals surface area (Å²) in [5, 5.41) is 8.77. The minimum atomic E-state index is -0.640. The zero-order valence-corrected chi connectivity index (χ0v) is 9.17. The highest BCUT2D eigenvalue weighted by atomic mass is 16.4. The van der Waals surface area contributed by atoms with Gasteiger partial charge in [-0.2, -0.15) is 0 Å². The van der Waals surface area contributed by atoms with Crippen molar-refractivity contribution in [2.75, 3.05) is 0 Å². The molecule has 1 rings (SSSR count). The van der Waals surface area contributed by atoms with E-state index < -0.39 is 5.97 Å². The number of hydrogen-bond donors (Lipinski definition) is 1. The maximum absolute atomic E-state index is 10.6. The van der Waals surface area contributed by atoms with Crippen LogP contribution in [0.15, 0.2) is 0 Å². The molecular formula is C12H22O2. The molecule has 0 amide bonds. The van der Waals surface area contributed by atoms with Crippen LogP contribution in [0.1, 0.15) is 58.3 Å². The molecule has 1 fully saturated rings. The standard InChI is InChI=1S/C12H22O2/c1-10(12(13)14)8-9-11-6-4-2-3-5-7-11/h10-11H,2-9H2,1H3,(H,13,14). The van der Waals surface area contributed by atoms with Gasteiger partial charge in [-0.1, -0.05) is 45.4 Å². The van der Waals surface area contributed by atoms with Crippen LogP contribution in [0.3, 0.4) is 0 Å². The van der Waals surface area contributed by atoms with Crippen LogP contribution in [0.2, 0.25) is 0 Å². The van der Waals surface area contributed by atoms with Gasteiger partial charge in [-0.3, -0.25) is 4.79 Å². The van der Waals surface area contributed by atoms with E-state index in [9.17, 15) is 4.79 Å². The Labute approximate surface area is 86.7 Å². The Balaban J connectivity index is 2.18. The van der Waals surface area contributed by atoms with E-state index >= 15 is 0 Å². The van der Waals surface area contributed by atoms with Gasteiger partial charge in [0.05, 0.1) is 5.92 Å². The van der Waals surface area contributed by atoms with Crippen LogP contribution in [0.5, 0.6) is 0 Å². The lowest BCUT2D eigenvalue weighted by molar-refractivity contribution is -0.141. The number of carboxylic acid groups (broad SMARTS) is 1. The number of carboxylic acids is 1. The first kappa shape index (κ1) is 11.5. The molecular weight excluding hydrogens is 176 g/mol. The lowest BCUT2D eigenvalue weighted by Gasteiger charge is -2.14. The smallest absolute Gasteiger partial charge is 0.306 e. The Hall–Kier alpha value is -0.530. The molecule has 0 aromatic heterocycles. The van der Waals surface area contributed by atoms with Gasteiger partial charge in [-0.15, -0.1) is 0 Å². The van der Waals surface area contributed by atoms with Crippen LogP contribution in [-0.2, 0) is 4.79 Å². The Bertz CT molecular complexity index is 169. The molecule has 82 valence electrons. The second kappa shape index (κ2) is 6.05. The van der Waals surface area contributed by atoms with E-state index in [0.717, 1.165) is 18.8 Å². The summed E-state index contributed by atoms with van der Waals surface area (Å²) < 4.78 is 0. The minimum absolute atomic E-state index is 0.154. The molecule has 0 spiro atoms. The maximum atomic E-state index is 10.6. The predicted octanol–water partition coefficient (Wildman–Crippen LogP) is 3.46. The maximum Gasteiger partial charge on any atom is 0.306 e. The zero-order valence-electron chi connectivity index (χ0n) is 9.17. The molecule has 1 aliphatic carbocycles. The molecule has 0 bridgehead atoms. The Kier molecular flexibility index (Phi) is 4.99. The summed E-state index contributed by atoms with van der Waals surface area (Å²) in [5.41, 5.74) is 0. The molecule has 0 radical (unpaired) electrons. The number of rotatable bonds is 4. The van der Waals surface area contributed by atoms with E-state index in [1.165, 1.54) is 38.5 Å². The largest absolute Gasteiger partial charge is 0.481 e. The van der Waals surface area contributed by atoms with Crippen molar-refractivity contribution >= 4 is 5.97 Å². The third kappa shape index (κ3) is 4.12. The highest BCUT2D eigenvalue weighted by Gasteiger charge is 2.16. The van der Waals surface area contributed by atoms with E-state index in [2.05, 4.69) is 0 Å². The van der Waals surface area contributed by atoms with E-state index in [1.807, 2.05) is 6.92 Å². The third-order valence-corrected chi connectivity index (χ3v) is 3.40. The molecule has 0 aliphatic heterocycles. The van der Waals surface area contributed by atoms with Crippen LogP contribution in [0.25, 0.3) is 0 Å². The quantitative estimate of drug-likeness (QED) is 0.702. The van der Waals surface area contributed by atoms with Crippen molar-refractivity contribution < 1.29 is 9.90 Å². The molecule has 14 heavy (non-hydrogen) atoms. The van der Waals surface area contributed by atoms with Gasteiger partial charge >= 0.3 is 5.97 Å². The average Bonchev–Trinajstić information content (AvgIpc) is 2.42. The highest BCUT2D eigenvalue weighted by molar-refractivity contribution is 5.69. The molecule has 1 unspecified atom stereocenters. The lowest BCUT2D eigenvalue weighted by Crippen LogP contribution is -2.11. The Morgan fingerprint density at radius 2 is 1.86 bits per heavy atom.